The first-order chi connectivity index (χ1) is 9.52. The van der Waals surface area contributed by atoms with Crippen molar-refractivity contribution in [3.63, 3.8) is 0 Å². The normalized spacial score (nSPS) is 19.6. The van der Waals surface area contributed by atoms with Crippen LogP contribution in [-0.4, -0.2) is 24.5 Å². The van der Waals surface area contributed by atoms with E-state index in [1.165, 1.54) is 31.2 Å². The van der Waals surface area contributed by atoms with Crippen molar-refractivity contribution in [3.05, 3.63) is 23.7 Å². The summed E-state index contributed by atoms with van der Waals surface area (Å²) in [6, 6.07) is 2.85. The van der Waals surface area contributed by atoms with Crippen molar-refractivity contribution in [1.29, 1.82) is 0 Å². The van der Waals surface area contributed by atoms with E-state index in [-0.39, 0.29) is 0 Å². The van der Waals surface area contributed by atoms with Gasteiger partial charge in [-0.1, -0.05) is 20.8 Å². The Morgan fingerprint density at radius 2 is 2.05 bits per heavy atom. The van der Waals surface area contributed by atoms with Crippen LogP contribution in [0.1, 0.15) is 57.8 Å². The molecule has 114 valence electrons. The summed E-state index contributed by atoms with van der Waals surface area (Å²) in [5.41, 5.74) is 1.88. The molecule has 0 atom stereocenters. The van der Waals surface area contributed by atoms with Gasteiger partial charge in [0.2, 0.25) is 0 Å². The van der Waals surface area contributed by atoms with Gasteiger partial charge in [-0.3, -0.25) is 4.90 Å². The predicted molar refractivity (Wildman–Crippen MR) is 83.6 cm³/mol. The molecule has 0 aromatic carbocycles. The average molecular weight is 278 g/mol. The lowest BCUT2D eigenvalue weighted by atomic mass is 9.75. The van der Waals surface area contributed by atoms with E-state index < -0.39 is 0 Å². The summed E-state index contributed by atoms with van der Waals surface area (Å²) < 4.78 is 5.60. The molecule has 1 aromatic heterocycles. The molecule has 0 saturated heterocycles. The van der Waals surface area contributed by atoms with E-state index in [4.69, 9.17) is 4.42 Å². The van der Waals surface area contributed by atoms with Crippen molar-refractivity contribution in [3.8, 4) is 0 Å². The molecule has 1 N–H and O–H groups in total. The summed E-state index contributed by atoms with van der Waals surface area (Å²) in [5.74, 6) is 1.09. The highest BCUT2D eigenvalue weighted by molar-refractivity contribution is 5.17. The summed E-state index contributed by atoms with van der Waals surface area (Å²) in [6.45, 7) is 9.74. The summed E-state index contributed by atoms with van der Waals surface area (Å²) >= 11 is 0. The first-order valence-electron chi connectivity index (χ1n) is 7.98. The number of furan rings is 1. The molecule has 1 fully saturated rings. The van der Waals surface area contributed by atoms with E-state index in [9.17, 15) is 0 Å². The first-order valence-corrected chi connectivity index (χ1v) is 7.98. The maximum Gasteiger partial charge on any atom is 0.122 e. The smallest absolute Gasteiger partial charge is 0.122 e. The molecule has 3 heteroatoms. The molecule has 20 heavy (non-hydrogen) atoms. The van der Waals surface area contributed by atoms with Crippen molar-refractivity contribution in [2.75, 3.05) is 13.6 Å². The van der Waals surface area contributed by atoms with Gasteiger partial charge in [0, 0.05) is 18.2 Å². The standard InChI is InChI=1S/C17H30N2O/c1-5-18-12-16-14(8-11-20-16)13-19(4)15-6-9-17(2,3)10-7-15/h8,11,15,18H,5-7,9-10,12-13H2,1-4H3. The Morgan fingerprint density at radius 3 is 2.70 bits per heavy atom. The third-order valence-corrected chi connectivity index (χ3v) is 4.73. The predicted octanol–water partition coefficient (Wildman–Crippen LogP) is 3.79. The van der Waals surface area contributed by atoms with Gasteiger partial charge in [-0.2, -0.15) is 0 Å². The van der Waals surface area contributed by atoms with Gasteiger partial charge in [-0.05, 0) is 50.8 Å². The molecule has 1 saturated carbocycles. The second-order valence-electron chi connectivity index (χ2n) is 6.96. The Hall–Kier alpha value is -0.800. The molecular weight excluding hydrogens is 248 g/mol. The Labute approximate surface area is 123 Å². The minimum absolute atomic E-state index is 0.545. The van der Waals surface area contributed by atoms with Gasteiger partial charge in [0.25, 0.3) is 0 Å². The number of rotatable bonds is 6. The highest BCUT2D eigenvalue weighted by Crippen LogP contribution is 2.36. The topological polar surface area (TPSA) is 28.4 Å². The molecule has 0 amide bonds. The number of hydrogen-bond acceptors (Lipinski definition) is 3. The minimum atomic E-state index is 0.545. The fraction of sp³-hybridized carbons (Fsp3) is 0.765. The largest absolute Gasteiger partial charge is 0.468 e. The highest BCUT2D eigenvalue weighted by atomic mass is 16.3. The van der Waals surface area contributed by atoms with E-state index in [0.29, 0.717) is 5.41 Å². The third kappa shape index (κ3) is 4.10. The van der Waals surface area contributed by atoms with Gasteiger partial charge in [-0.25, -0.2) is 0 Å². The van der Waals surface area contributed by atoms with Crippen molar-refractivity contribution < 1.29 is 4.42 Å². The number of nitrogens with zero attached hydrogens (tertiary/aromatic N) is 1. The average Bonchev–Trinajstić information content (AvgIpc) is 2.83. The Morgan fingerprint density at radius 1 is 1.35 bits per heavy atom. The molecule has 0 radical (unpaired) electrons. The fourth-order valence-corrected chi connectivity index (χ4v) is 3.12. The van der Waals surface area contributed by atoms with Crippen molar-refractivity contribution in [1.82, 2.24) is 10.2 Å². The molecule has 3 nitrogen and oxygen atoms in total. The molecule has 1 aliphatic rings. The van der Waals surface area contributed by atoms with Crippen LogP contribution in [0.2, 0.25) is 0 Å². The van der Waals surface area contributed by atoms with Crippen LogP contribution < -0.4 is 5.32 Å². The third-order valence-electron chi connectivity index (χ3n) is 4.73. The van der Waals surface area contributed by atoms with Crippen LogP contribution in [0, 0.1) is 5.41 Å². The summed E-state index contributed by atoms with van der Waals surface area (Å²) in [7, 11) is 2.26. The molecule has 1 heterocycles. The van der Waals surface area contributed by atoms with Gasteiger partial charge in [0.05, 0.1) is 12.8 Å². The lowest BCUT2D eigenvalue weighted by Crippen LogP contribution is -2.36. The SMILES string of the molecule is CCNCc1occc1CN(C)C1CCC(C)(C)CC1. The minimum Gasteiger partial charge on any atom is -0.468 e. The molecule has 0 unspecified atom stereocenters. The van der Waals surface area contributed by atoms with Crippen LogP contribution >= 0.6 is 0 Å². The van der Waals surface area contributed by atoms with E-state index in [0.717, 1.165) is 31.4 Å². The molecule has 2 rings (SSSR count). The first kappa shape index (κ1) is 15.6. The monoisotopic (exact) mass is 278 g/mol. The molecule has 1 aromatic rings. The zero-order chi connectivity index (χ0) is 14.6. The second kappa shape index (κ2) is 6.77. The summed E-state index contributed by atoms with van der Waals surface area (Å²) in [5, 5.41) is 3.34. The fourth-order valence-electron chi connectivity index (χ4n) is 3.12. The van der Waals surface area contributed by atoms with Crippen LogP contribution in [0.15, 0.2) is 16.7 Å². The van der Waals surface area contributed by atoms with Gasteiger partial charge in [0.1, 0.15) is 5.76 Å². The van der Waals surface area contributed by atoms with Crippen molar-refractivity contribution in [2.24, 2.45) is 5.41 Å². The number of hydrogen-bond donors (Lipinski definition) is 1. The van der Waals surface area contributed by atoms with Crippen LogP contribution in [0.3, 0.4) is 0 Å². The Balaban J connectivity index is 1.88. The maximum atomic E-state index is 5.60. The zero-order valence-corrected chi connectivity index (χ0v) is 13.5. The molecule has 0 bridgehead atoms. The van der Waals surface area contributed by atoms with Gasteiger partial charge >= 0.3 is 0 Å². The summed E-state index contributed by atoms with van der Waals surface area (Å²) in [6.07, 6.45) is 7.16. The molecule has 0 aliphatic heterocycles. The lowest BCUT2D eigenvalue weighted by molar-refractivity contribution is 0.122. The van der Waals surface area contributed by atoms with E-state index >= 15 is 0 Å². The van der Waals surface area contributed by atoms with Crippen molar-refractivity contribution >= 4 is 0 Å². The van der Waals surface area contributed by atoms with Crippen LogP contribution in [0.25, 0.3) is 0 Å². The Kier molecular flexibility index (Phi) is 5.28. The van der Waals surface area contributed by atoms with Crippen molar-refractivity contribution in [2.45, 2.75) is 65.6 Å². The van der Waals surface area contributed by atoms with Crippen LogP contribution in [-0.2, 0) is 13.1 Å². The van der Waals surface area contributed by atoms with E-state index in [2.05, 4.69) is 44.1 Å². The molecular formula is C17H30N2O. The quantitative estimate of drug-likeness (QED) is 0.858. The summed E-state index contributed by atoms with van der Waals surface area (Å²) in [4.78, 5) is 2.51. The van der Waals surface area contributed by atoms with E-state index in [1.807, 2.05) is 6.26 Å². The number of nitrogens with one attached hydrogen (secondary N) is 1. The van der Waals surface area contributed by atoms with Gasteiger partial charge in [-0.15, -0.1) is 0 Å². The van der Waals surface area contributed by atoms with E-state index in [1.54, 1.807) is 0 Å². The van der Waals surface area contributed by atoms with Gasteiger partial charge in [0.15, 0.2) is 0 Å². The highest BCUT2D eigenvalue weighted by Gasteiger charge is 2.29. The van der Waals surface area contributed by atoms with Crippen LogP contribution in [0.5, 0.6) is 0 Å². The molecule has 1 aliphatic carbocycles. The Bertz CT molecular complexity index is 401. The maximum absolute atomic E-state index is 5.60. The lowest BCUT2D eigenvalue weighted by Gasteiger charge is -2.38. The zero-order valence-electron chi connectivity index (χ0n) is 13.5. The van der Waals surface area contributed by atoms with Gasteiger partial charge < -0.3 is 9.73 Å². The van der Waals surface area contributed by atoms with Crippen LogP contribution in [0.4, 0.5) is 0 Å². The molecule has 0 spiro atoms. The second-order valence-corrected chi connectivity index (χ2v) is 6.96.